The Balaban J connectivity index is 0.00000312. The van der Waals surface area contributed by atoms with Crippen LogP contribution in [0.1, 0.15) is 5.56 Å². The Morgan fingerprint density at radius 3 is 2.68 bits per heavy atom. The van der Waals surface area contributed by atoms with Crippen LogP contribution >= 0.6 is 35.6 Å². The number of aromatic nitrogens is 2. The van der Waals surface area contributed by atoms with Gasteiger partial charge in [0.2, 0.25) is 0 Å². The first-order valence-corrected chi connectivity index (χ1v) is 8.24. The highest BCUT2D eigenvalue weighted by Gasteiger charge is 2.06. The van der Waals surface area contributed by atoms with E-state index in [0.29, 0.717) is 11.6 Å². The number of hydrogen-bond acceptors (Lipinski definition) is 3. The predicted molar refractivity (Wildman–Crippen MR) is 113 cm³/mol. The molecule has 0 amide bonds. The van der Waals surface area contributed by atoms with Crippen molar-refractivity contribution < 1.29 is 4.74 Å². The molecule has 0 aliphatic heterocycles. The lowest BCUT2D eigenvalue weighted by molar-refractivity contribution is 0.281. The van der Waals surface area contributed by atoms with E-state index in [1.54, 1.807) is 7.05 Å². The molecule has 0 saturated carbocycles. The highest BCUT2D eigenvalue weighted by atomic mass is 127. The number of rotatable bonds is 7. The standard InChI is InChI=1S/C17H24ClN5O.HI/c1-19-17(20-9-8-14-12-21-23(3)13-14)22(2)10-11-24-16-6-4-15(18)5-7-16;/h4-7,12-13H,8-11H2,1-3H3,(H,19,20);1H. The third kappa shape index (κ3) is 7.52. The monoisotopic (exact) mass is 477 g/mol. The number of nitrogens with one attached hydrogen (secondary N) is 1. The first-order chi connectivity index (χ1) is 11.6. The molecule has 25 heavy (non-hydrogen) atoms. The number of hydrogen-bond donors (Lipinski definition) is 1. The van der Waals surface area contributed by atoms with Crippen LogP contribution in [0.3, 0.4) is 0 Å². The van der Waals surface area contributed by atoms with E-state index in [-0.39, 0.29) is 24.0 Å². The molecule has 1 aromatic heterocycles. The highest BCUT2D eigenvalue weighted by Crippen LogP contribution is 2.15. The molecule has 0 aliphatic carbocycles. The van der Waals surface area contributed by atoms with Gasteiger partial charge < -0.3 is 15.0 Å². The molecular weight excluding hydrogens is 453 g/mol. The summed E-state index contributed by atoms with van der Waals surface area (Å²) in [4.78, 5) is 6.34. The maximum absolute atomic E-state index is 5.86. The zero-order chi connectivity index (χ0) is 17.4. The van der Waals surface area contributed by atoms with Crippen LogP contribution in [-0.2, 0) is 13.5 Å². The molecule has 0 aliphatic rings. The van der Waals surface area contributed by atoms with Gasteiger partial charge in [0.25, 0.3) is 0 Å². The smallest absolute Gasteiger partial charge is 0.193 e. The van der Waals surface area contributed by atoms with E-state index in [4.69, 9.17) is 16.3 Å². The zero-order valence-corrected chi connectivity index (χ0v) is 17.9. The Labute approximate surface area is 171 Å². The van der Waals surface area contributed by atoms with E-state index in [0.717, 1.165) is 31.2 Å². The molecule has 0 fully saturated rings. The molecule has 0 atom stereocenters. The average molecular weight is 478 g/mol. The number of likely N-dealkylation sites (N-methyl/N-ethyl adjacent to an activating group) is 1. The molecule has 138 valence electrons. The predicted octanol–water partition coefficient (Wildman–Crippen LogP) is 2.82. The molecule has 8 heteroatoms. The third-order valence-electron chi connectivity index (χ3n) is 3.54. The van der Waals surface area contributed by atoms with Gasteiger partial charge in [-0.15, -0.1) is 24.0 Å². The number of aliphatic imine (C=N–C) groups is 1. The van der Waals surface area contributed by atoms with Gasteiger partial charge in [-0.05, 0) is 36.2 Å². The summed E-state index contributed by atoms with van der Waals surface area (Å²) in [5, 5.41) is 8.22. The van der Waals surface area contributed by atoms with E-state index in [9.17, 15) is 0 Å². The second-order valence-electron chi connectivity index (χ2n) is 5.47. The zero-order valence-electron chi connectivity index (χ0n) is 14.8. The van der Waals surface area contributed by atoms with E-state index in [2.05, 4.69) is 15.4 Å². The van der Waals surface area contributed by atoms with Crippen LogP contribution in [0.5, 0.6) is 5.75 Å². The van der Waals surface area contributed by atoms with Gasteiger partial charge in [-0.25, -0.2) is 0 Å². The molecule has 6 nitrogen and oxygen atoms in total. The first kappa shape index (κ1) is 21.6. The van der Waals surface area contributed by atoms with Crippen molar-refractivity contribution in [2.24, 2.45) is 12.0 Å². The minimum atomic E-state index is 0. The van der Waals surface area contributed by atoms with Gasteiger partial charge in [0, 0.05) is 38.9 Å². The molecule has 0 bridgehead atoms. The third-order valence-corrected chi connectivity index (χ3v) is 3.79. The second-order valence-corrected chi connectivity index (χ2v) is 5.91. The van der Waals surface area contributed by atoms with Crippen molar-refractivity contribution in [3.8, 4) is 5.75 Å². The quantitative estimate of drug-likeness (QED) is 0.379. The van der Waals surface area contributed by atoms with E-state index in [1.165, 1.54) is 5.56 Å². The fourth-order valence-electron chi connectivity index (χ4n) is 2.24. The minimum Gasteiger partial charge on any atom is -0.492 e. The molecule has 0 saturated heterocycles. The molecule has 1 N–H and O–H groups in total. The lowest BCUT2D eigenvalue weighted by Gasteiger charge is -2.22. The first-order valence-electron chi connectivity index (χ1n) is 7.86. The maximum Gasteiger partial charge on any atom is 0.193 e. The van der Waals surface area contributed by atoms with Crippen LogP contribution < -0.4 is 10.1 Å². The van der Waals surface area contributed by atoms with Crippen molar-refractivity contribution in [1.29, 1.82) is 0 Å². The van der Waals surface area contributed by atoms with Crippen molar-refractivity contribution in [3.63, 3.8) is 0 Å². The Morgan fingerprint density at radius 2 is 2.08 bits per heavy atom. The number of nitrogens with zero attached hydrogens (tertiary/aromatic N) is 4. The summed E-state index contributed by atoms with van der Waals surface area (Å²) in [6, 6.07) is 7.37. The largest absolute Gasteiger partial charge is 0.492 e. The van der Waals surface area contributed by atoms with Gasteiger partial charge in [0.15, 0.2) is 5.96 Å². The van der Waals surface area contributed by atoms with Crippen LogP contribution in [0.2, 0.25) is 5.02 Å². The van der Waals surface area contributed by atoms with Gasteiger partial charge in [-0.1, -0.05) is 11.6 Å². The summed E-state index contributed by atoms with van der Waals surface area (Å²) in [7, 11) is 5.69. The number of aryl methyl sites for hydroxylation is 1. The van der Waals surface area contributed by atoms with Crippen LogP contribution in [0.25, 0.3) is 0 Å². The summed E-state index contributed by atoms with van der Waals surface area (Å²) >= 11 is 5.86. The lowest BCUT2D eigenvalue weighted by atomic mass is 10.2. The molecule has 2 aromatic rings. The number of halogens is 2. The van der Waals surface area contributed by atoms with Crippen LogP contribution in [0.15, 0.2) is 41.7 Å². The van der Waals surface area contributed by atoms with Gasteiger partial charge in [0.05, 0.1) is 12.7 Å². The van der Waals surface area contributed by atoms with Crippen molar-refractivity contribution in [3.05, 3.63) is 47.2 Å². The Kier molecular flexibility index (Phi) is 9.66. The molecular formula is C17H25ClIN5O. The molecule has 1 aromatic carbocycles. The fraction of sp³-hybridized carbons (Fsp3) is 0.412. The van der Waals surface area contributed by atoms with Crippen molar-refractivity contribution >= 4 is 41.5 Å². The summed E-state index contributed by atoms with van der Waals surface area (Å²) in [5.41, 5.74) is 1.20. The second kappa shape index (κ2) is 11.2. The number of benzene rings is 1. The van der Waals surface area contributed by atoms with E-state index < -0.39 is 0 Å². The van der Waals surface area contributed by atoms with Crippen LogP contribution in [0.4, 0.5) is 0 Å². The van der Waals surface area contributed by atoms with Gasteiger partial charge in [-0.2, -0.15) is 5.10 Å². The summed E-state index contributed by atoms with van der Waals surface area (Å²) in [6.45, 7) is 2.11. The summed E-state index contributed by atoms with van der Waals surface area (Å²) < 4.78 is 7.52. The minimum absolute atomic E-state index is 0. The topological polar surface area (TPSA) is 54.7 Å². The normalized spacial score (nSPS) is 11.0. The number of ether oxygens (including phenoxy) is 1. The highest BCUT2D eigenvalue weighted by molar-refractivity contribution is 14.0. The number of guanidine groups is 1. The molecule has 2 rings (SSSR count). The molecule has 0 radical (unpaired) electrons. The van der Waals surface area contributed by atoms with E-state index in [1.807, 2.05) is 60.3 Å². The lowest BCUT2D eigenvalue weighted by Crippen LogP contribution is -2.41. The van der Waals surface area contributed by atoms with Crippen molar-refractivity contribution in [2.45, 2.75) is 6.42 Å². The Morgan fingerprint density at radius 1 is 1.36 bits per heavy atom. The fourth-order valence-corrected chi connectivity index (χ4v) is 2.37. The van der Waals surface area contributed by atoms with Gasteiger partial charge in [-0.3, -0.25) is 9.67 Å². The van der Waals surface area contributed by atoms with Gasteiger partial charge in [0.1, 0.15) is 12.4 Å². The summed E-state index contributed by atoms with van der Waals surface area (Å²) in [5.74, 6) is 1.66. The summed E-state index contributed by atoms with van der Waals surface area (Å²) in [6.07, 6.45) is 4.81. The molecule has 0 unspecified atom stereocenters. The Bertz CT molecular complexity index is 659. The van der Waals surface area contributed by atoms with Crippen LogP contribution in [-0.4, -0.2) is 54.4 Å². The average Bonchev–Trinajstić information content (AvgIpc) is 2.98. The van der Waals surface area contributed by atoms with Crippen LogP contribution in [0, 0.1) is 0 Å². The Hall–Kier alpha value is -1.48. The molecule has 0 spiro atoms. The van der Waals surface area contributed by atoms with Gasteiger partial charge >= 0.3 is 0 Å². The molecule has 1 heterocycles. The van der Waals surface area contributed by atoms with Crippen molar-refractivity contribution in [1.82, 2.24) is 20.0 Å². The van der Waals surface area contributed by atoms with E-state index >= 15 is 0 Å². The SMILES string of the molecule is CN=C(NCCc1cnn(C)c1)N(C)CCOc1ccc(Cl)cc1.I. The van der Waals surface area contributed by atoms with Crippen molar-refractivity contribution in [2.75, 3.05) is 33.8 Å². The maximum atomic E-state index is 5.86.